The molecule has 3 heterocycles. The number of morpholine rings is 1. The Morgan fingerprint density at radius 2 is 1.71 bits per heavy atom. The summed E-state index contributed by atoms with van der Waals surface area (Å²) in [4.78, 5) is 30.4. The SMILES string of the molecule is NC(=O)CN1CCC(N2CCCC(C(=O)N3CCOCC3)C2)CC1. The molecule has 7 nitrogen and oxygen atoms in total. The lowest BCUT2D eigenvalue weighted by Gasteiger charge is -2.42. The van der Waals surface area contributed by atoms with Crippen LogP contribution in [0.4, 0.5) is 0 Å². The van der Waals surface area contributed by atoms with Gasteiger partial charge in [0.1, 0.15) is 0 Å². The first-order valence-corrected chi connectivity index (χ1v) is 9.24. The molecule has 3 saturated heterocycles. The molecule has 24 heavy (non-hydrogen) atoms. The number of hydrogen-bond acceptors (Lipinski definition) is 5. The van der Waals surface area contributed by atoms with Crippen LogP contribution in [0.25, 0.3) is 0 Å². The van der Waals surface area contributed by atoms with Crippen molar-refractivity contribution in [1.82, 2.24) is 14.7 Å². The third-order valence-corrected chi connectivity index (χ3v) is 5.58. The van der Waals surface area contributed by atoms with E-state index in [9.17, 15) is 9.59 Å². The van der Waals surface area contributed by atoms with Crippen molar-refractivity contribution in [1.29, 1.82) is 0 Å². The zero-order valence-electron chi connectivity index (χ0n) is 14.5. The molecule has 0 aromatic carbocycles. The quantitative estimate of drug-likeness (QED) is 0.748. The van der Waals surface area contributed by atoms with Crippen LogP contribution in [0.1, 0.15) is 25.7 Å². The molecule has 0 aromatic rings. The Balaban J connectivity index is 1.49. The monoisotopic (exact) mass is 338 g/mol. The lowest BCUT2D eigenvalue weighted by atomic mass is 9.92. The Hall–Kier alpha value is -1.18. The first-order chi connectivity index (χ1) is 11.6. The van der Waals surface area contributed by atoms with E-state index in [0.717, 1.165) is 65.0 Å². The highest BCUT2D eigenvalue weighted by molar-refractivity contribution is 5.79. The van der Waals surface area contributed by atoms with Gasteiger partial charge in [-0.3, -0.25) is 19.4 Å². The van der Waals surface area contributed by atoms with E-state index in [1.165, 1.54) is 0 Å². The Morgan fingerprint density at radius 1 is 1.00 bits per heavy atom. The van der Waals surface area contributed by atoms with Gasteiger partial charge in [-0.2, -0.15) is 0 Å². The molecule has 3 rings (SSSR count). The molecule has 0 saturated carbocycles. The second-order valence-corrected chi connectivity index (χ2v) is 7.25. The van der Waals surface area contributed by atoms with Crippen LogP contribution in [0.15, 0.2) is 0 Å². The number of primary amides is 1. The van der Waals surface area contributed by atoms with Crippen molar-refractivity contribution >= 4 is 11.8 Å². The molecule has 0 bridgehead atoms. The number of rotatable bonds is 4. The van der Waals surface area contributed by atoms with Gasteiger partial charge in [0.2, 0.25) is 11.8 Å². The van der Waals surface area contributed by atoms with Crippen LogP contribution >= 0.6 is 0 Å². The summed E-state index contributed by atoms with van der Waals surface area (Å²) in [5.74, 6) is 0.206. The molecule has 1 unspecified atom stereocenters. The topological polar surface area (TPSA) is 79.1 Å². The average molecular weight is 338 g/mol. The van der Waals surface area contributed by atoms with Gasteiger partial charge in [-0.05, 0) is 32.2 Å². The van der Waals surface area contributed by atoms with Crippen LogP contribution < -0.4 is 5.73 Å². The molecular weight excluding hydrogens is 308 g/mol. The Morgan fingerprint density at radius 3 is 2.38 bits per heavy atom. The van der Waals surface area contributed by atoms with Crippen molar-refractivity contribution in [3.8, 4) is 0 Å². The van der Waals surface area contributed by atoms with Gasteiger partial charge in [0.25, 0.3) is 0 Å². The molecule has 0 spiro atoms. The Labute approximate surface area is 144 Å². The van der Waals surface area contributed by atoms with Gasteiger partial charge >= 0.3 is 0 Å². The molecule has 0 radical (unpaired) electrons. The molecular formula is C17H30N4O3. The fraction of sp³-hybridized carbons (Fsp3) is 0.882. The minimum atomic E-state index is -0.248. The maximum Gasteiger partial charge on any atom is 0.231 e. The van der Waals surface area contributed by atoms with E-state index in [1.807, 2.05) is 4.90 Å². The van der Waals surface area contributed by atoms with Crippen molar-refractivity contribution in [3.05, 3.63) is 0 Å². The van der Waals surface area contributed by atoms with Crippen LogP contribution in [0.5, 0.6) is 0 Å². The summed E-state index contributed by atoms with van der Waals surface area (Å²) in [6.45, 7) is 7.00. The van der Waals surface area contributed by atoms with Gasteiger partial charge in [0.15, 0.2) is 0 Å². The summed E-state index contributed by atoms with van der Waals surface area (Å²) in [7, 11) is 0. The third kappa shape index (κ3) is 4.46. The predicted molar refractivity (Wildman–Crippen MR) is 90.4 cm³/mol. The predicted octanol–water partition coefficient (Wildman–Crippen LogP) is -0.493. The number of carbonyl (C=O) groups is 2. The lowest BCUT2D eigenvalue weighted by molar-refractivity contribution is -0.142. The number of amides is 2. The average Bonchev–Trinajstić information content (AvgIpc) is 2.62. The van der Waals surface area contributed by atoms with E-state index >= 15 is 0 Å². The van der Waals surface area contributed by atoms with E-state index < -0.39 is 0 Å². The van der Waals surface area contributed by atoms with Gasteiger partial charge in [-0.15, -0.1) is 0 Å². The van der Waals surface area contributed by atoms with Gasteiger partial charge < -0.3 is 15.4 Å². The number of nitrogens with two attached hydrogens (primary N) is 1. The fourth-order valence-corrected chi connectivity index (χ4v) is 4.24. The Bertz CT molecular complexity index is 445. The molecule has 0 aromatic heterocycles. The molecule has 3 aliphatic rings. The number of ether oxygens (including phenoxy) is 1. The van der Waals surface area contributed by atoms with Gasteiger partial charge in [-0.25, -0.2) is 0 Å². The largest absolute Gasteiger partial charge is 0.378 e. The van der Waals surface area contributed by atoms with Crippen molar-refractivity contribution in [2.24, 2.45) is 11.7 Å². The maximum absolute atomic E-state index is 12.7. The third-order valence-electron chi connectivity index (χ3n) is 5.58. The van der Waals surface area contributed by atoms with Crippen LogP contribution in [-0.4, -0.2) is 91.6 Å². The van der Waals surface area contributed by atoms with Crippen molar-refractivity contribution < 1.29 is 14.3 Å². The molecule has 2 N–H and O–H groups in total. The Kier molecular flexibility index (Phi) is 6.08. The van der Waals surface area contributed by atoms with Crippen LogP contribution in [0.3, 0.4) is 0 Å². The van der Waals surface area contributed by atoms with Crippen molar-refractivity contribution in [2.45, 2.75) is 31.7 Å². The second kappa shape index (κ2) is 8.27. The number of nitrogens with zero attached hydrogens (tertiary/aromatic N) is 3. The van der Waals surface area contributed by atoms with Crippen LogP contribution in [0, 0.1) is 5.92 Å². The minimum Gasteiger partial charge on any atom is -0.378 e. The summed E-state index contributed by atoms with van der Waals surface area (Å²) in [5, 5.41) is 0. The zero-order valence-corrected chi connectivity index (χ0v) is 14.5. The first kappa shape index (κ1) is 17.6. The number of carbonyl (C=O) groups excluding carboxylic acids is 2. The molecule has 7 heteroatoms. The normalized spacial score (nSPS) is 28.0. The van der Waals surface area contributed by atoms with Gasteiger partial charge in [0.05, 0.1) is 25.7 Å². The fourth-order valence-electron chi connectivity index (χ4n) is 4.24. The van der Waals surface area contributed by atoms with E-state index in [1.54, 1.807) is 0 Å². The van der Waals surface area contributed by atoms with Crippen molar-refractivity contribution in [2.75, 3.05) is 59.0 Å². The summed E-state index contributed by atoms with van der Waals surface area (Å²) in [6.07, 6.45) is 4.23. The highest BCUT2D eigenvalue weighted by atomic mass is 16.5. The highest BCUT2D eigenvalue weighted by Gasteiger charge is 2.33. The van der Waals surface area contributed by atoms with Gasteiger partial charge in [-0.1, -0.05) is 0 Å². The molecule has 136 valence electrons. The molecule has 3 fully saturated rings. The highest BCUT2D eigenvalue weighted by Crippen LogP contribution is 2.25. The van der Waals surface area contributed by atoms with Crippen LogP contribution in [-0.2, 0) is 14.3 Å². The molecule has 1 atom stereocenters. The number of piperidine rings is 2. The lowest BCUT2D eigenvalue weighted by Crippen LogP contribution is -2.53. The minimum absolute atomic E-state index is 0.139. The van der Waals surface area contributed by atoms with Crippen LogP contribution in [0.2, 0.25) is 0 Å². The van der Waals surface area contributed by atoms with Crippen molar-refractivity contribution in [3.63, 3.8) is 0 Å². The summed E-state index contributed by atoms with van der Waals surface area (Å²) < 4.78 is 5.35. The second-order valence-electron chi connectivity index (χ2n) is 7.25. The molecule has 2 amide bonds. The smallest absolute Gasteiger partial charge is 0.231 e. The molecule has 0 aliphatic carbocycles. The van der Waals surface area contributed by atoms with Gasteiger partial charge in [0, 0.05) is 38.8 Å². The van der Waals surface area contributed by atoms with E-state index in [2.05, 4.69) is 9.80 Å². The van der Waals surface area contributed by atoms with E-state index in [4.69, 9.17) is 10.5 Å². The first-order valence-electron chi connectivity index (χ1n) is 9.24. The zero-order chi connectivity index (χ0) is 16.9. The molecule has 3 aliphatic heterocycles. The van der Waals surface area contributed by atoms with E-state index in [-0.39, 0.29) is 11.8 Å². The van der Waals surface area contributed by atoms with E-state index in [0.29, 0.717) is 31.7 Å². The number of hydrogen-bond donors (Lipinski definition) is 1. The number of likely N-dealkylation sites (tertiary alicyclic amines) is 2. The summed E-state index contributed by atoms with van der Waals surface area (Å²) in [6, 6.07) is 0.536. The summed E-state index contributed by atoms with van der Waals surface area (Å²) in [5.41, 5.74) is 5.28. The maximum atomic E-state index is 12.7. The summed E-state index contributed by atoms with van der Waals surface area (Å²) >= 11 is 0. The standard InChI is InChI=1S/C17H30N4O3/c18-16(22)13-19-6-3-15(4-7-19)21-5-1-2-14(12-21)17(23)20-8-10-24-11-9-20/h14-15H,1-13H2,(H2,18,22).